The number of hydrogen-bond acceptors (Lipinski definition) is 4. The molecule has 1 aliphatic rings. The Hall–Kier alpha value is -1.11. The van der Waals surface area contributed by atoms with Gasteiger partial charge in [-0.15, -0.1) is 0 Å². The van der Waals surface area contributed by atoms with Gasteiger partial charge >= 0.3 is 0 Å². The molecular weight excluding hydrogens is 286 g/mol. The molecule has 1 fully saturated rings. The lowest BCUT2D eigenvalue weighted by atomic mass is 10.1. The van der Waals surface area contributed by atoms with Gasteiger partial charge in [-0.3, -0.25) is 0 Å². The van der Waals surface area contributed by atoms with Crippen LogP contribution in [0.15, 0.2) is 29.2 Å². The Labute approximate surface area is 127 Å². The van der Waals surface area contributed by atoms with Gasteiger partial charge in [0.15, 0.2) is 0 Å². The quantitative estimate of drug-likeness (QED) is 0.684. The predicted molar refractivity (Wildman–Crippen MR) is 86.0 cm³/mol. The molecule has 1 heterocycles. The highest BCUT2D eigenvalue weighted by molar-refractivity contribution is 7.89. The minimum Gasteiger partial charge on any atom is -0.385 e. The van der Waals surface area contributed by atoms with E-state index in [0.717, 1.165) is 44.1 Å². The van der Waals surface area contributed by atoms with Crippen LogP contribution in [-0.4, -0.2) is 34.6 Å². The van der Waals surface area contributed by atoms with E-state index in [1.54, 1.807) is 12.1 Å². The minimum atomic E-state index is -3.36. The van der Waals surface area contributed by atoms with Crippen molar-refractivity contribution in [3.8, 4) is 0 Å². The highest BCUT2D eigenvalue weighted by Crippen LogP contribution is 2.16. The van der Waals surface area contributed by atoms with Crippen LogP contribution in [0.5, 0.6) is 0 Å². The van der Waals surface area contributed by atoms with Gasteiger partial charge in [0.1, 0.15) is 0 Å². The second-order valence-electron chi connectivity index (χ2n) is 5.50. The van der Waals surface area contributed by atoms with Crippen LogP contribution in [0.4, 0.5) is 5.69 Å². The van der Waals surface area contributed by atoms with Crippen molar-refractivity contribution < 1.29 is 8.42 Å². The van der Waals surface area contributed by atoms with Crippen LogP contribution in [0.2, 0.25) is 0 Å². The van der Waals surface area contributed by atoms with Gasteiger partial charge < -0.3 is 10.6 Å². The Morgan fingerprint density at radius 1 is 1.24 bits per heavy atom. The lowest BCUT2D eigenvalue weighted by molar-refractivity contribution is 0.549. The molecule has 0 amide bonds. The summed E-state index contributed by atoms with van der Waals surface area (Å²) < 4.78 is 26.5. The zero-order chi connectivity index (χ0) is 15.1. The molecule has 1 saturated heterocycles. The van der Waals surface area contributed by atoms with Crippen LogP contribution in [0, 0.1) is 5.92 Å². The van der Waals surface area contributed by atoms with Gasteiger partial charge in [0, 0.05) is 18.8 Å². The Kier molecular flexibility index (Phi) is 6.02. The lowest BCUT2D eigenvalue weighted by Gasteiger charge is -2.11. The number of rotatable bonds is 8. The molecule has 1 atom stereocenters. The SMILES string of the molecule is CCCNS(=O)(=O)c1ccc(NCCC2CCNC2)cc1. The smallest absolute Gasteiger partial charge is 0.240 e. The first-order chi connectivity index (χ1) is 10.1. The summed E-state index contributed by atoms with van der Waals surface area (Å²) in [6, 6.07) is 6.95. The molecule has 0 bridgehead atoms. The zero-order valence-electron chi connectivity index (χ0n) is 12.6. The van der Waals surface area contributed by atoms with Crippen molar-refractivity contribution in [1.82, 2.24) is 10.0 Å². The van der Waals surface area contributed by atoms with Crippen molar-refractivity contribution in [2.45, 2.75) is 31.1 Å². The predicted octanol–water partition coefficient (Wildman–Crippen LogP) is 1.79. The summed E-state index contributed by atoms with van der Waals surface area (Å²) in [6.45, 7) is 5.57. The van der Waals surface area contributed by atoms with Crippen LogP contribution >= 0.6 is 0 Å². The van der Waals surface area contributed by atoms with E-state index in [-0.39, 0.29) is 0 Å². The van der Waals surface area contributed by atoms with E-state index in [4.69, 9.17) is 0 Å². The van der Waals surface area contributed by atoms with Crippen LogP contribution < -0.4 is 15.4 Å². The molecule has 1 aromatic carbocycles. The van der Waals surface area contributed by atoms with Gasteiger partial charge in [-0.25, -0.2) is 13.1 Å². The maximum absolute atomic E-state index is 12.0. The standard InChI is InChI=1S/C15H25N3O2S/c1-2-9-18-21(19,20)15-5-3-14(4-6-15)17-11-8-13-7-10-16-12-13/h3-6,13,16-18H,2,7-12H2,1H3. The molecular formula is C15H25N3O2S. The van der Waals surface area contributed by atoms with E-state index in [1.165, 1.54) is 6.42 Å². The van der Waals surface area contributed by atoms with E-state index in [1.807, 2.05) is 19.1 Å². The Bertz CT molecular complexity index is 522. The fraction of sp³-hybridized carbons (Fsp3) is 0.600. The fourth-order valence-electron chi connectivity index (χ4n) is 2.45. The molecule has 118 valence electrons. The summed E-state index contributed by atoms with van der Waals surface area (Å²) in [6.07, 6.45) is 3.18. The fourth-order valence-corrected chi connectivity index (χ4v) is 3.59. The number of sulfonamides is 1. The summed E-state index contributed by atoms with van der Waals surface area (Å²) >= 11 is 0. The van der Waals surface area contributed by atoms with E-state index >= 15 is 0 Å². The first-order valence-corrected chi connectivity index (χ1v) is 9.14. The van der Waals surface area contributed by atoms with E-state index in [9.17, 15) is 8.42 Å². The topological polar surface area (TPSA) is 70.2 Å². The second-order valence-corrected chi connectivity index (χ2v) is 7.26. The lowest BCUT2D eigenvalue weighted by Crippen LogP contribution is -2.24. The molecule has 0 saturated carbocycles. The van der Waals surface area contributed by atoms with Crippen molar-refractivity contribution in [1.29, 1.82) is 0 Å². The molecule has 0 radical (unpaired) electrons. The van der Waals surface area contributed by atoms with Gasteiger partial charge in [0.2, 0.25) is 10.0 Å². The summed E-state index contributed by atoms with van der Waals surface area (Å²) in [5, 5.41) is 6.71. The molecule has 1 unspecified atom stereocenters. The van der Waals surface area contributed by atoms with Crippen LogP contribution in [0.3, 0.4) is 0 Å². The van der Waals surface area contributed by atoms with Gasteiger partial charge in [-0.1, -0.05) is 6.92 Å². The Balaban J connectivity index is 1.83. The molecule has 5 nitrogen and oxygen atoms in total. The molecule has 3 N–H and O–H groups in total. The Morgan fingerprint density at radius 2 is 2.00 bits per heavy atom. The van der Waals surface area contributed by atoms with E-state index in [0.29, 0.717) is 11.4 Å². The van der Waals surface area contributed by atoms with Crippen molar-refractivity contribution in [2.24, 2.45) is 5.92 Å². The van der Waals surface area contributed by atoms with Gasteiger partial charge in [-0.05, 0) is 62.5 Å². The van der Waals surface area contributed by atoms with E-state index in [2.05, 4.69) is 15.4 Å². The summed E-state index contributed by atoms with van der Waals surface area (Å²) in [7, 11) is -3.36. The highest BCUT2D eigenvalue weighted by Gasteiger charge is 2.14. The van der Waals surface area contributed by atoms with Crippen molar-refractivity contribution in [2.75, 3.05) is 31.5 Å². The molecule has 6 heteroatoms. The van der Waals surface area contributed by atoms with Gasteiger partial charge in [0.25, 0.3) is 0 Å². The molecule has 2 rings (SSSR count). The summed E-state index contributed by atoms with van der Waals surface area (Å²) in [5.41, 5.74) is 0.968. The zero-order valence-corrected chi connectivity index (χ0v) is 13.4. The van der Waals surface area contributed by atoms with Crippen LogP contribution in [-0.2, 0) is 10.0 Å². The van der Waals surface area contributed by atoms with Gasteiger partial charge in [0.05, 0.1) is 4.90 Å². The largest absolute Gasteiger partial charge is 0.385 e. The third kappa shape index (κ3) is 4.98. The summed E-state index contributed by atoms with van der Waals surface area (Å²) in [5.74, 6) is 0.760. The van der Waals surface area contributed by atoms with Crippen molar-refractivity contribution in [3.63, 3.8) is 0 Å². The number of nitrogens with one attached hydrogen (secondary N) is 3. The molecule has 0 spiro atoms. The molecule has 0 aromatic heterocycles. The van der Waals surface area contributed by atoms with Crippen LogP contribution in [0.25, 0.3) is 0 Å². The second kappa shape index (κ2) is 7.77. The van der Waals surface area contributed by atoms with Crippen LogP contribution in [0.1, 0.15) is 26.2 Å². The molecule has 0 aliphatic carbocycles. The molecule has 1 aromatic rings. The number of hydrogen-bond donors (Lipinski definition) is 3. The third-order valence-electron chi connectivity index (χ3n) is 3.75. The normalized spacial score (nSPS) is 18.8. The highest BCUT2D eigenvalue weighted by atomic mass is 32.2. The first kappa shape index (κ1) is 16.3. The molecule has 21 heavy (non-hydrogen) atoms. The maximum atomic E-state index is 12.0. The van der Waals surface area contributed by atoms with Crippen molar-refractivity contribution in [3.05, 3.63) is 24.3 Å². The molecule has 1 aliphatic heterocycles. The number of anilines is 1. The minimum absolute atomic E-state index is 0.321. The first-order valence-electron chi connectivity index (χ1n) is 7.66. The van der Waals surface area contributed by atoms with E-state index < -0.39 is 10.0 Å². The van der Waals surface area contributed by atoms with Crippen molar-refractivity contribution >= 4 is 15.7 Å². The maximum Gasteiger partial charge on any atom is 0.240 e. The van der Waals surface area contributed by atoms with Gasteiger partial charge in [-0.2, -0.15) is 0 Å². The summed E-state index contributed by atoms with van der Waals surface area (Å²) in [4.78, 5) is 0.321. The average Bonchev–Trinajstić information content (AvgIpc) is 2.99. The third-order valence-corrected chi connectivity index (χ3v) is 5.23. The average molecular weight is 311 g/mol. The Morgan fingerprint density at radius 3 is 2.62 bits per heavy atom. The number of benzene rings is 1. The monoisotopic (exact) mass is 311 g/mol.